The summed E-state index contributed by atoms with van der Waals surface area (Å²) in [6.07, 6.45) is 2.60. The Morgan fingerprint density at radius 1 is 1.39 bits per heavy atom. The van der Waals surface area contributed by atoms with Crippen LogP contribution in [-0.2, 0) is 10.8 Å². The van der Waals surface area contributed by atoms with Gasteiger partial charge >= 0.3 is 0 Å². The maximum absolute atomic E-state index is 11.0. The summed E-state index contributed by atoms with van der Waals surface area (Å²) in [6, 6.07) is 6.10. The normalized spacial score (nSPS) is 16.2. The van der Waals surface area contributed by atoms with E-state index in [0.29, 0.717) is 11.5 Å². The van der Waals surface area contributed by atoms with Crippen LogP contribution in [-0.4, -0.2) is 27.4 Å². The number of aryl methyl sites for hydroxylation is 1. The van der Waals surface area contributed by atoms with Crippen LogP contribution in [0.25, 0.3) is 0 Å². The van der Waals surface area contributed by atoms with Gasteiger partial charge in [0.1, 0.15) is 5.75 Å². The number of aromatic hydroxyl groups is 1. The summed E-state index contributed by atoms with van der Waals surface area (Å²) in [5.74, 6) is 1.04. The first-order valence-electron chi connectivity index (χ1n) is 6.25. The Hall–Kier alpha value is -0.870. The van der Waals surface area contributed by atoms with E-state index in [-0.39, 0.29) is 12.1 Å². The molecule has 0 aromatic heterocycles. The SMILES string of the molecule is Cc1ccc(C(C)NC(C)CCS(C)=O)c(O)c1. The molecule has 3 atom stereocenters. The molecule has 1 aromatic rings. The van der Waals surface area contributed by atoms with E-state index in [1.807, 2.05) is 26.0 Å². The van der Waals surface area contributed by atoms with E-state index in [2.05, 4.69) is 12.2 Å². The van der Waals surface area contributed by atoms with Crippen molar-refractivity contribution in [3.05, 3.63) is 29.3 Å². The molecule has 0 bridgehead atoms. The highest BCUT2D eigenvalue weighted by atomic mass is 32.2. The molecule has 1 rings (SSSR count). The summed E-state index contributed by atoms with van der Waals surface area (Å²) in [7, 11) is -0.742. The predicted octanol–water partition coefficient (Wildman–Crippen LogP) is 2.51. The van der Waals surface area contributed by atoms with E-state index >= 15 is 0 Å². The highest BCUT2D eigenvalue weighted by Crippen LogP contribution is 2.25. The van der Waals surface area contributed by atoms with Crippen molar-refractivity contribution in [1.82, 2.24) is 5.32 Å². The van der Waals surface area contributed by atoms with E-state index in [4.69, 9.17) is 0 Å². The molecule has 1 aromatic carbocycles. The lowest BCUT2D eigenvalue weighted by molar-refractivity contribution is 0.430. The number of hydrogen-bond acceptors (Lipinski definition) is 3. The molecular formula is C14H23NO2S. The fraction of sp³-hybridized carbons (Fsp3) is 0.571. The van der Waals surface area contributed by atoms with Crippen LogP contribution in [0.4, 0.5) is 0 Å². The third-order valence-corrected chi connectivity index (χ3v) is 3.84. The molecule has 0 radical (unpaired) electrons. The summed E-state index contributed by atoms with van der Waals surface area (Å²) >= 11 is 0. The molecule has 3 unspecified atom stereocenters. The summed E-state index contributed by atoms with van der Waals surface area (Å²) in [5, 5.41) is 13.3. The second-order valence-electron chi connectivity index (χ2n) is 4.92. The van der Waals surface area contributed by atoms with E-state index in [1.54, 1.807) is 12.3 Å². The maximum atomic E-state index is 11.0. The van der Waals surface area contributed by atoms with Crippen molar-refractivity contribution in [1.29, 1.82) is 0 Å². The molecule has 0 aliphatic heterocycles. The van der Waals surface area contributed by atoms with Crippen molar-refractivity contribution >= 4 is 10.8 Å². The first kappa shape index (κ1) is 15.2. The molecule has 0 amide bonds. The molecule has 0 saturated heterocycles. The largest absolute Gasteiger partial charge is 0.508 e. The zero-order valence-corrected chi connectivity index (χ0v) is 12.4. The van der Waals surface area contributed by atoms with Crippen LogP contribution in [0.3, 0.4) is 0 Å². The Kier molecular flexibility index (Phi) is 5.82. The average Bonchev–Trinajstić information content (AvgIpc) is 2.26. The molecule has 0 heterocycles. The lowest BCUT2D eigenvalue weighted by atomic mass is 10.0. The Labute approximate surface area is 112 Å². The van der Waals surface area contributed by atoms with Gasteiger partial charge in [-0.25, -0.2) is 0 Å². The smallest absolute Gasteiger partial charge is 0.120 e. The summed E-state index contributed by atoms with van der Waals surface area (Å²) in [5.41, 5.74) is 1.96. The Morgan fingerprint density at radius 2 is 2.06 bits per heavy atom. The monoisotopic (exact) mass is 269 g/mol. The molecule has 102 valence electrons. The Morgan fingerprint density at radius 3 is 2.61 bits per heavy atom. The third-order valence-electron chi connectivity index (χ3n) is 3.03. The minimum Gasteiger partial charge on any atom is -0.508 e. The fourth-order valence-electron chi connectivity index (χ4n) is 1.96. The molecule has 2 N–H and O–H groups in total. The van der Waals surface area contributed by atoms with E-state index in [9.17, 15) is 9.32 Å². The van der Waals surface area contributed by atoms with Gasteiger partial charge in [0, 0.05) is 40.5 Å². The molecule has 0 aliphatic rings. The van der Waals surface area contributed by atoms with Crippen LogP contribution >= 0.6 is 0 Å². The minimum absolute atomic E-state index is 0.0888. The van der Waals surface area contributed by atoms with Gasteiger partial charge in [-0.2, -0.15) is 0 Å². The standard InChI is InChI=1S/C14H23NO2S/c1-10-5-6-13(14(16)9-10)12(3)15-11(2)7-8-18(4)17/h5-6,9,11-12,15-16H,7-8H2,1-4H3. The van der Waals surface area contributed by atoms with Crippen molar-refractivity contribution in [2.24, 2.45) is 0 Å². The second-order valence-corrected chi connectivity index (χ2v) is 6.47. The van der Waals surface area contributed by atoms with E-state index in [0.717, 1.165) is 17.5 Å². The third kappa shape index (κ3) is 4.78. The molecule has 0 spiro atoms. The van der Waals surface area contributed by atoms with Gasteiger partial charge < -0.3 is 10.4 Å². The summed E-state index contributed by atoms with van der Waals surface area (Å²) in [4.78, 5) is 0. The van der Waals surface area contributed by atoms with Crippen LogP contribution in [0.15, 0.2) is 18.2 Å². The van der Waals surface area contributed by atoms with Crippen LogP contribution in [0.2, 0.25) is 0 Å². The zero-order chi connectivity index (χ0) is 13.7. The fourth-order valence-corrected chi connectivity index (χ4v) is 2.65. The average molecular weight is 269 g/mol. The molecule has 0 aliphatic carbocycles. The van der Waals surface area contributed by atoms with Crippen molar-refractivity contribution < 1.29 is 9.32 Å². The molecule has 0 saturated carbocycles. The van der Waals surface area contributed by atoms with Gasteiger partial charge in [0.25, 0.3) is 0 Å². The zero-order valence-electron chi connectivity index (χ0n) is 11.6. The molecular weight excluding hydrogens is 246 g/mol. The summed E-state index contributed by atoms with van der Waals surface area (Å²) < 4.78 is 11.0. The quantitative estimate of drug-likeness (QED) is 0.834. The number of phenolic OH excluding ortho intramolecular Hbond substituents is 1. The number of rotatable bonds is 6. The number of phenols is 1. The lowest BCUT2D eigenvalue weighted by Gasteiger charge is -2.21. The van der Waals surface area contributed by atoms with Gasteiger partial charge in [0.2, 0.25) is 0 Å². The first-order valence-corrected chi connectivity index (χ1v) is 7.98. The van der Waals surface area contributed by atoms with Gasteiger partial charge in [-0.05, 0) is 38.8 Å². The maximum Gasteiger partial charge on any atom is 0.120 e. The van der Waals surface area contributed by atoms with Crippen molar-refractivity contribution in [3.63, 3.8) is 0 Å². The van der Waals surface area contributed by atoms with E-state index in [1.165, 1.54) is 0 Å². The Balaban J connectivity index is 2.59. The van der Waals surface area contributed by atoms with Crippen molar-refractivity contribution in [2.45, 2.75) is 39.3 Å². The predicted molar refractivity (Wildman–Crippen MR) is 77.4 cm³/mol. The first-order chi connectivity index (χ1) is 8.40. The molecule has 18 heavy (non-hydrogen) atoms. The highest BCUT2D eigenvalue weighted by Gasteiger charge is 2.13. The van der Waals surface area contributed by atoms with Gasteiger partial charge in [0.05, 0.1) is 0 Å². The highest BCUT2D eigenvalue weighted by molar-refractivity contribution is 7.84. The van der Waals surface area contributed by atoms with Gasteiger partial charge in [-0.1, -0.05) is 12.1 Å². The van der Waals surface area contributed by atoms with Gasteiger partial charge in [0.15, 0.2) is 0 Å². The topological polar surface area (TPSA) is 49.3 Å². The van der Waals surface area contributed by atoms with Crippen LogP contribution in [0.1, 0.15) is 37.4 Å². The number of benzene rings is 1. The minimum atomic E-state index is -0.742. The number of hydrogen-bond donors (Lipinski definition) is 2. The van der Waals surface area contributed by atoms with Crippen LogP contribution in [0, 0.1) is 6.92 Å². The molecule has 3 nitrogen and oxygen atoms in total. The molecule has 4 heteroatoms. The number of nitrogens with one attached hydrogen (secondary N) is 1. The summed E-state index contributed by atoms with van der Waals surface area (Å²) in [6.45, 7) is 6.07. The Bertz CT molecular complexity index is 420. The van der Waals surface area contributed by atoms with Crippen LogP contribution < -0.4 is 5.32 Å². The second kappa shape index (κ2) is 6.90. The van der Waals surface area contributed by atoms with Crippen LogP contribution in [0.5, 0.6) is 5.75 Å². The lowest BCUT2D eigenvalue weighted by Crippen LogP contribution is -2.30. The van der Waals surface area contributed by atoms with Crippen molar-refractivity contribution in [3.8, 4) is 5.75 Å². The van der Waals surface area contributed by atoms with Crippen molar-refractivity contribution in [2.75, 3.05) is 12.0 Å². The molecule has 0 fully saturated rings. The van der Waals surface area contributed by atoms with Gasteiger partial charge in [-0.3, -0.25) is 4.21 Å². The van der Waals surface area contributed by atoms with E-state index < -0.39 is 10.8 Å². The van der Waals surface area contributed by atoms with Gasteiger partial charge in [-0.15, -0.1) is 0 Å².